The summed E-state index contributed by atoms with van der Waals surface area (Å²) in [6, 6.07) is 0. The van der Waals surface area contributed by atoms with E-state index in [9.17, 15) is 24.0 Å². The van der Waals surface area contributed by atoms with E-state index in [1.807, 2.05) is 0 Å². The topological polar surface area (TPSA) is 101 Å². The SMILES string of the molecule is CC1CC(=O)N(CCC(=O)ON2C(=O)[CH-]CC2=O)C1=O.[U]. The van der Waals surface area contributed by atoms with Crippen molar-refractivity contribution in [1.82, 2.24) is 9.96 Å². The van der Waals surface area contributed by atoms with Crippen molar-refractivity contribution in [3.05, 3.63) is 6.42 Å². The number of hydroxylamine groups is 2. The molecule has 0 aromatic carbocycles. The predicted octanol–water partition coefficient (Wildman–Crippen LogP) is -0.807. The molecule has 112 valence electrons. The summed E-state index contributed by atoms with van der Waals surface area (Å²) in [4.78, 5) is 62.6. The van der Waals surface area contributed by atoms with E-state index in [1.54, 1.807) is 6.92 Å². The number of hydrogen-bond donors (Lipinski definition) is 0. The van der Waals surface area contributed by atoms with Gasteiger partial charge < -0.3 is 9.63 Å². The Balaban J connectivity index is 0.00000220. The van der Waals surface area contributed by atoms with E-state index in [1.165, 1.54) is 0 Å². The molecule has 0 aliphatic carbocycles. The van der Waals surface area contributed by atoms with Gasteiger partial charge >= 0.3 is 5.97 Å². The van der Waals surface area contributed by atoms with Gasteiger partial charge in [-0.3, -0.25) is 25.7 Å². The molecule has 2 aliphatic heterocycles. The molecule has 0 bridgehead atoms. The molecular formula is C12H13N2O6U-. The number of hydrogen-bond acceptors (Lipinski definition) is 6. The summed E-state index contributed by atoms with van der Waals surface area (Å²) in [6.07, 6.45) is 0.866. The second-order valence-electron chi connectivity index (χ2n) is 4.64. The Labute approximate surface area is 144 Å². The zero-order chi connectivity index (χ0) is 14.9. The van der Waals surface area contributed by atoms with Crippen LogP contribution in [0.3, 0.4) is 0 Å². The van der Waals surface area contributed by atoms with Crippen molar-refractivity contribution in [2.75, 3.05) is 6.54 Å². The Hall–Kier alpha value is -1.33. The molecule has 1 atom stereocenters. The first-order chi connectivity index (χ1) is 9.40. The first-order valence-electron chi connectivity index (χ1n) is 6.15. The maximum absolute atomic E-state index is 11.6. The minimum Gasteiger partial charge on any atom is -0.333 e. The molecule has 2 saturated heterocycles. The average Bonchev–Trinajstić information content (AvgIpc) is 2.82. The molecule has 0 saturated carbocycles. The fraction of sp³-hybridized carbons (Fsp3) is 0.500. The van der Waals surface area contributed by atoms with E-state index in [2.05, 4.69) is 4.84 Å². The van der Waals surface area contributed by atoms with Crippen LogP contribution in [-0.4, -0.2) is 46.1 Å². The Morgan fingerprint density at radius 2 is 1.95 bits per heavy atom. The van der Waals surface area contributed by atoms with E-state index in [0.29, 0.717) is 5.06 Å². The van der Waals surface area contributed by atoms with Crippen molar-refractivity contribution in [2.24, 2.45) is 5.92 Å². The zero-order valence-electron chi connectivity index (χ0n) is 11.3. The normalized spacial score (nSPS) is 21.5. The van der Waals surface area contributed by atoms with Crippen molar-refractivity contribution in [3.8, 4) is 0 Å². The predicted molar refractivity (Wildman–Crippen MR) is 62.0 cm³/mol. The molecule has 4 amide bonds. The third kappa shape index (κ3) is 3.86. The van der Waals surface area contributed by atoms with Gasteiger partial charge in [0, 0.05) is 50.0 Å². The molecule has 8 nitrogen and oxygen atoms in total. The van der Waals surface area contributed by atoms with Crippen molar-refractivity contribution in [2.45, 2.75) is 26.2 Å². The minimum absolute atomic E-state index is 0. The van der Waals surface area contributed by atoms with Crippen LogP contribution in [-0.2, 0) is 28.8 Å². The molecule has 2 heterocycles. The Morgan fingerprint density at radius 1 is 1.29 bits per heavy atom. The van der Waals surface area contributed by atoms with Crippen LogP contribution in [0, 0.1) is 43.5 Å². The van der Waals surface area contributed by atoms with Crippen LogP contribution in [0.4, 0.5) is 0 Å². The van der Waals surface area contributed by atoms with E-state index in [0.717, 1.165) is 11.3 Å². The first-order valence-corrected chi connectivity index (χ1v) is 6.15. The Bertz CT molecular complexity index is 490. The number of carbonyl (C=O) groups excluding carboxylic acids is 5. The molecule has 0 spiro atoms. The molecule has 0 radical (unpaired) electrons. The van der Waals surface area contributed by atoms with Gasteiger partial charge in [-0.25, -0.2) is 4.79 Å². The number of likely N-dealkylation sites (tertiary alicyclic amines) is 1. The number of imide groups is 2. The van der Waals surface area contributed by atoms with Crippen molar-refractivity contribution >= 4 is 29.6 Å². The summed E-state index contributed by atoms with van der Waals surface area (Å²) in [5.74, 6) is -3.20. The van der Waals surface area contributed by atoms with Gasteiger partial charge in [0.2, 0.25) is 17.7 Å². The second-order valence-corrected chi connectivity index (χ2v) is 4.64. The monoisotopic (exact) mass is 519 g/mol. The molecule has 9 heteroatoms. The van der Waals surface area contributed by atoms with Gasteiger partial charge in [0.25, 0.3) is 0 Å². The third-order valence-corrected chi connectivity index (χ3v) is 3.08. The standard InChI is InChI=1S/C12H13N2O6.U/c1-7-6-10(17)13(12(7)19)5-4-11(18)20-14-8(15)2-3-9(14)16;/h2,7H,3-6H2,1H3;/q-1;. The van der Waals surface area contributed by atoms with E-state index < -0.39 is 17.8 Å². The Kier molecular flexibility index (Phi) is 5.99. The fourth-order valence-electron chi connectivity index (χ4n) is 1.99. The maximum Gasteiger partial charge on any atom is 0.334 e. The number of rotatable bonds is 4. The number of carbonyl (C=O) groups is 5. The number of nitrogens with zero attached hydrogens (tertiary/aromatic N) is 2. The van der Waals surface area contributed by atoms with Crippen molar-refractivity contribution in [1.29, 1.82) is 0 Å². The fourth-order valence-corrected chi connectivity index (χ4v) is 1.99. The smallest absolute Gasteiger partial charge is 0.333 e. The van der Waals surface area contributed by atoms with Gasteiger partial charge in [-0.1, -0.05) is 13.3 Å². The van der Waals surface area contributed by atoms with Crippen molar-refractivity contribution < 1.29 is 59.9 Å². The van der Waals surface area contributed by atoms with Gasteiger partial charge in [0.05, 0.1) is 6.42 Å². The van der Waals surface area contributed by atoms with Crippen LogP contribution < -0.4 is 0 Å². The van der Waals surface area contributed by atoms with Crippen molar-refractivity contribution in [3.63, 3.8) is 0 Å². The van der Waals surface area contributed by atoms with Crippen LogP contribution in [0.25, 0.3) is 0 Å². The first kappa shape index (κ1) is 17.7. The summed E-state index contributed by atoms with van der Waals surface area (Å²) in [5, 5.41) is 0.387. The van der Waals surface area contributed by atoms with E-state index in [-0.39, 0.29) is 74.7 Å². The summed E-state index contributed by atoms with van der Waals surface area (Å²) in [7, 11) is 0. The zero-order valence-corrected chi connectivity index (χ0v) is 15.5. The van der Waals surface area contributed by atoms with Gasteiger partial charge in [0.1, 0.15) is 5.91 Å². The molecule has 0 aromatic rings. The minimum atomic E-state index is -0.845. The van der Waals surface area contributed by atoms with Crippen LogP contribution >= 0.6 is 0 Å². The molecule has 2 fully saturated rings. The molecule has 2 rings (SSSR count). The van der Waals surface area contributed by atoms with Crippen LogP contribution in [0.5, 0.6) is 0 Å². The van der Waals surface area contributed by atoms with Gasteiger partial charge in [-0.2, -0.15) is 0 Å². The maximum atomic E-state index is 11.6. The molecular weight excluding hydrogens is 506 g/mol. The summed E-state index contributed by atoms with van der Waals surface area (Å²) in [5.41, 5.74) is 0. The molecule has 1 unspecified atom stereocenters. The second kappa shape index (κ2) is 7.09. The summed E-state index contributed by atoms with van der Waals surface area (Å²) >= 11 is 0. The van der Waals surface area contributed by atoms with E-state index >= 15 is 0 Å². The quantitative estimate of drug-likeness (QED) is 0.356. The molecule has 21 heavy (non-hydrogen) atoms. The van der Waals surface area contributed by atoms with E-state index in [4.69, 9.17) is 0 Å². The summed E-state index contributed by atoms with van der Waals surface area (Å²) < 4.78 is 0. The van der Waals surface area contributed by atoms with Crippen LogP contribution in [0.1, 0.15) is 26.2 Å². The van der Waals surface area contributed by atoms with Gasteiger partial charge in [-0.15, -0.1) is 5.06 Å². The van der Waals surface area contributed by atoms with Gasteiger partial charge in [-0.05, 0) is 0 Å². The average molecular weight is 519 g/mol. The van der Waals surface area contributed by atoms with Crippen LogP contribution in [0.15, 0.2) is 0 Å². The molecule has 0 aromatic heterocycles. The number of amides is 4. The largest absolute Gasteiger partial charge is 0.334 e. The summed E-state index contributed by atoms with van der Waals surface area (Å²) in [6.45, 7) is 1.52. The third-order valence-electron chi connectivity index (χ3n) is 3.08. The molecule has 0 N–H and O–H groups in total. The van der Waals surface area contributed by atoms with Crippen LogP contribution in [0.2, 0.25) is 0 Å². The molecule has 2 aliphatic rings. The van der Waals surface area contributed by atoms with Gasteiger partial charge in [0.15, 0.2) is 0 Å². The Morgan fingerprint density at radius 3 is 2.43 bits per heavy atom.